The molecular formula is C23H31N2O3S. The molecule has 0 saturated heterocycles. The lowest BCUT2D eigenvalue weighted by molar-refractivity contribution is 0.208. The van der Waals surface area contributed by atoms with Crippen molar-refractivity contribution < 1.29 is 13.2 Å². The quantitative estimate of drug-likeness (QED) is 0.677. The van der Waals surface area contributed by atoms with Crippen molar-refractivity contribution in [2.24, 2.45) is 5.41 Å². The lowest BCUT2D eigenvalue weighted by Gasteiger charge is -2.44. The van der Waals surface area contributed by atoms with E-state index < -0.39 is 10.0 Å². The Morgan fingerprint density at radius 3 is 2.31 bits per heavy atom. The van der Waals surface area contributed by atoms with Crippen molar-refractivity contribution >= 4 is 10.0 Å². The number of rotatable bonds is 6. The van der Waals surface area contributed by atoms with E-state index >= 15 is 0 Å². The van der Waals surface area contributed by atoms with Gasteiger partial charge in [0.1, 0.15) is 5.75 Å². The van der Waals surface area contributed by atoms with Gasteiger partial charge in [0.2, 0.25) is 10.0 Å². The minimum absolute atomic E-state index is 0.0446. The summed E-state index contributed by atoms with van der Waals surface area (Å²) in [7, 11) is -2.11. The predicted octanol–water partition coefficient (Wildman–Crippen LogP) is 4.84. The molecule has 0 N–H and O–H groups in total. The van der Waals surface area contributed by atoms with Crippen LogP contribution in [0.5, 0.6) is 5.75 Å². The Balaban J connectivity index is 2.04. The summed E-state index contributed by atoms with van der Waals surface area (Å²) in [5.41, 5.74) is 0.896. The molecule has 6 heteroatoms. The summed E-state index contributed by atoms with van der Waals surface area (Å²) in [6.45, 7) is 6.89. The number of benzene rings is 1. The molecule has 1 heterocycles. The second-order valence-corrected chi connectivity index (χ2v) is 10.5. The Morgan fingerprint density at radius 2 is 1.72 bits per heavy atom. The third-order valence-corrected chi connectivity index (χ3v) is 7.51. The van der Waals surface area contributed by atoms with E-state index in [2.05, 4.69) is 25.8 Å². The SMILES string of the molecule is COc1ccc(S(=O)(=O)N(Cc2ccncc2)[C@@H]2CCCC[C]2C(C)(C)C)cc1. The summed E-state index contributed by atoms with van der Waals surface area (Å²) in [4.78, 5) is 4.37. The molecule has 29 heavy (non-hydrogen) atoms. The molecule has 0 amide bonds. The molecule has 1 aliphatic rings. The topological polar surface area (TPSA) is 59.5 Å². The van der Waals surface area contributed by atoms with Crippen LogP contribution in [0.25, 0.3) is 0 Å². The van der Waals surface area contributed by atoms with Crippen LogP contribution >= 0.6 is 0 Å². The Morgan fingerprint density at radius 1 is 1.07 bits per heavy atom. The standard InChI is InChI=1S/C23H31N2O3S/c1-23(2,3)21-7-5-6-8-22(21)25(17-18-13-15-24-16-14-18)29(26,27)20-11-9-19(28-4)10-12-20/h9-16,22H,5-8,17H2,1-4H3/t22-/m1/s1. The lowest BCUT2D eigenvalue weighted by atomic mass is 9.69. The zero-order chi connectivity index (χ0) is 21.1. The second kappa shape index (κ2) is 8.84. The average Bonchev–Trinajstić information content (AvgIpc) is 2.72. The fourth-order valence-corrected chi connectivity index (χ4v) is 5.74. The van der Waals surface area contributed by atoms with E-state index in [4.69, 9.17) is 4.74 Å². The Labute approximate surface area is 175 Å². The van der Waals surface area contributed by atoms with Crippen molar-refractivity contribution in [3.05, 3.63) is 60.3 Å². The van der Waals surface area contributed by atoms with E-state index in [1.807, 2.05) is 12.1 Å². The smallest absolute Gasteiger partial charge is 0.243 e. The first kappa shape index (κ1) is 21.8. The Kier molecular flexibility index (Phi) is 6.64. The first-order chi connectivity index (χ1) is 13.7. The molecular weight excluding hydrogens is 384 g/mol. The Bertz CT molecular complexity index is 890. The van der Waals surface area contributed by atoms with Crippen molar-refractivity contribution in [2.75, 3.05) is 7.11 Å². The number of methoxy groups -OCH3 is 1. The minimum atomic E-state index is -3.68. The summed E-state index contributed by atoms with van der Waals surface area (Å²) in [5, 5.41) is 0. The van der Waals surface area contributed by atoms with Gasteiger partial charge in [-0.2, -0.15) is 4.31 Å². The van der Waals surface area contributed by atoms with Crippen LogP contribution in [-0.4, -0.2) is 30.9 Å². The van der Waals surface area contributed by atoms with Gasteiger partial charge in [0.05, 0.1) is 12.0 Å². The number of pyridine rings is 1. The van der Waals surface area contributed by atoms with E-state index in [1.165, 1.54) is 5.92 Å². The van der Waals surface area contributed by atoms with Crippen LogP contribution in [0.2, 0.25) is 0 Å². The zero-order valence-corrected chi connectivity index (χ0v) is 18.6. The molecule has 0 spiro atoms. The third-order valence-electron chi connectivity index (χ3n) is 5.64. The molecule has 1 aromatic heterocycles. The molecule has 157 valence electrons. The number of ether oxygens (including phenoxy) is 1. The minimum Gasteiger partial charge on any atom is -0.497 e. The zero-order valence-electron chi connectivity index (χ0n) is 17.8. The van der Waals surface area contributed by atoms with Gasteiger partial charge in [0.25, 0.3) is 0 Å². The maximum atomic E-state index is 13.8. The van der Waals surface area contributed by atoms with Gasteiger partial charge in [-0.1, -0.05) is 33.6 Å². The molecule has 0 unspecified atom stereocenters. The highest BCUT2D eigenvalue weighted by molar-refractivity contribution is 7.89. The van der Waals surface area contributed by atoms with Gasteiger partial charge < -0.3 is 4.74 Å². The van der Waals surface area contributed by atoms with Crippen LogP contribution in [0.15, 0.2) is 53.7 Å². The number of hydrogen-bond acceptors (Lipinski definition) is 4. The van der Waals surface area contributed by atoms with Gasteiger partial charge in [-0.05, 0) is 66.1 Å². The van der Waals surface area contributed by atoms with Crippen molar-refractivity contribution in [3.8, 4) is 5.75 Å². The third kappa shape index (κ3) is 4.98. The van der Waals surface area contributed by atoms with Crippen LogP contribution in [-0.2, 0) is 16.6 Å². The average molecular weight is 416 g/mol. The molecule has 3 rings (SSSR count). The number of nitrogens with zero attached hydrogens (tertiary/aromatic N) is 2. The molecule has 1 radical (unpaired) electrons. The highest BCUT2D eigenvalue weighted by Crippen LogP contribution is 2.44. The maximum absolute atomic E-state index is 13.8. The summed E-state index contributed by atoms with van der Waals surface area (Å²) >= 11 is 0. The maximum Gasteiger partial charge on any atom is 0.243 e. The van der Waals surface area contributed by atoms with Crippen LogP contribution in [0, 0.1) is 11.3 Å². The molecule has 1 aliphatic carbocycles. The first-order valence-corrected chi connectivity index (χ1v) is 11.6. The lowest BCUT2D eigenvalue weighted by Crippen LogP contribution is -2.48. The van der Waals surface area contributed by atoms with Crippen molar-refractivity contribution in [1.29, 1.82) is 0 Å². The van der Waals surface area contributed by atoms with Gasteiger partial charge in [0.15, 0.2) is 0 Å². The van der Waals surface area contributed by atoms with Gasteiger partial charge in [-0.3, -0.25) is 4.98 Å². The molecule has 0 aliphatic heterocycles. The van der Waals surface area contributed by atoms with Crippen LogP contribution < -0.4 is 4.74 Å². The van der Waals surface area contributed by atoms with Crippen molar-refractivity contribution in [2.45, 2.75) is 63.9 Å². The number of aromatic nitrogens is 1. The highest BCUT2D eigenvalue weighted by atomic mass is 32.2. The molecule has 5 nitrogen and oxygen atoms in total. The first-order valence-electron chi connectivity index (χ1n) is 10.1. The molecule has 2 aromatic rings. The second-order valence-electron chi connectivity index (χ2n) is 8.62. The van der Waals surface area contributed by atoms with E-state index in [0.717, 1.165) is 31.2 Å². The highest BCUT2D eigenvalue weighted by Gasteiger charge is 2.42. The fourth-order valence-electron chi connectivity index (χ4n) is 4.10. The van der Waals surface area contributed by atoms with E-state index in [-0.39, 0.29) is 11.5 Å². The summed E-state index contributed by atoms with van der Waals surface area (Å²) in [6.07, 6.45) is 7.40. The van der Waals surface area contributed by atoms with E-state index in [0.29, 0.717) is 17.2 Å². The molecule has 1 atom stereocenters. The summed E-state index contributed by atoms with van der Waals surface area (Å²) < 4.78 is 34.4. The summed E-state index contributed by atoms with van der Waals surface area (Å²) in [5.74, 6) is 1.96. The fraction of sp³-hybridized carbons (Fsp3) is 0.478. The van der Waals surface area contributed by atoms with E-state index in [1.54, 1.807) is 48.1 Å². The van der Waals surface area contributed by atoms with Crippen molar-refractivity contribution in [3.63, 3.8) is 0 Å². The molecule has 1 fully saturated rings. The van der Waals surface area contributed by atoms with E-state index in [9.17, 15) is 8.42 Å². The molecule has 0 bridgehead atoms. The van der Waals surface area contributed by atoms with Gasteiger partial charge in [-0.15, -0.1) is 0 Å². The normalized spacial score (nSPS) is 18.7. The number of sulfonamides is 1. The molecule has 1 saturated carbocycles. The monoisotopic (exact) mass is 415 g/mol. The van der Waals surface area contributed by atoms with Crippen LogP contribution in [0.4, 0.5) is 0 Å². The van der Waals surface area contributed by atoms with Gasteiger partial charge in [0, 0.05) is 25.0 Å². The Hall–Kier alpha value is -1.92. The largest absolute Gasteiger partial charge is 0.497 e. The predicted molar refractivity (Wildman–Crippen MR) is 115 cm³/mol. The molecule has 1 aromatic carbocycles. The van der Waals surface area contributed by atoms with Crippen molar-refractivity contribution in [1.82, 2.24) is 9.29 Å². The number of hydrogen-bond donors (Lipinski definition) is 0. The van der Waals surface area contributed by atoms with Gasteiger partial charge >= 0.3 is 0 Å². The summed E-state index contributed by atoms with van der Waals surface area (Å²) in [6, 6.07) is 10.3. The van der Waals surface area contributed by atoms with Crippen LogP contribution in [0.1, 0.15) is 52.0 Å². The van der Waals surface area contributed by atoms with Gasteiger partial charge in [-0.25, -0.2) is 8.42 Å². The van der Waals surface area contributed by atoms with Crippen LogP contribution in [0.3, 0.4) is 0 Å².